The van der Waals surface area contributed by atoms with Crippen LogP contribution in [0.1, 0.15) is 31.7 Å². The Kier molecular flexibility index (Phi) is 7.35. The van der Waals surface area contributed by atoms with Gasteiger partial charge in [-0.05, 0) is 37.1 Å². The van der Waals surface area contributed by atoms with Gasteiger partial charge in [-0.3, -0.25) is 9.10 Å². The molecule has 1 amide bonds. The second kappa shape index (κ2) is 8.55. The van der Waals surface area contributed by atoms with E-state index < -0.39 is 10.0 Å². The first kappa shape index (κ1) is 19.8. The van der Waals surface area contributed by atoms with E-state index in [-0.39, 0.29) is 18.9 Å². The zero-order valence-corrected chi connectivity index (χ0v) is 15.7. The molecule has 0 radical (unpaired) electrons. The summed E-state index contributed by atoms with van der Waals surface area (Å²) in [6.07, 6.45) is 3.24. The molecule has 1 aromatic carbocycles. The van der Waals surface area contributed by atoms with E-state index in [2.05, 4.69) is 6.92 Å². The average molecular weight is 361 g/mol. The number of sulfonamides is 1. The number of rotatable bonds is 8. The highest BCUT2D eigenvalue weighted by Gasteiger charge is 2.21. The van der Waals surface area contributed by atoms with E-state index in [1.54, 1.807) is 37.1 Å². The average Bonchev–Trinajstić information content (AvgIpc) is 2.45. The predicted molar refractivity (Wildman–Crippen MR) is 95.5 cm³/mol. The van der Waals surface area contributed by atoms with Crippen LogP contribution in [0.5, 0.6) is 0 Å². The Balaban J connectivity index is 2.87. The van der Waals surface area contributed by atoms with Gasteiger partial charge in [0.05, 0.1) is 11.9 Å². The van der Waals surface area contributed by atoms with Crippen molar-refractivity contribution in [1.82, 2.24) is 4.90 Å². The van der Waals surface area contributed by atoms with Crippen LogP contribution in [0.2, 0.25) is 5.02 Å². The molecule has 0 aliphatic rings. The molecule has 0 bridgehead atoms. The molecule has 0 heterocycles. The maximum atomic E-state index is 12.1. The van der Waals surface area contributed by atoms with Crippen LogP contribution in [0.15, 0.2) is 18.2 Å². The van der Waals surface area contributed by atoms with Crippen LogP contribution >= 0.6 is 11.6 Å². The molecule has 0 aliphatic heterocycles. The van der Waals surface area contributed by atoms with Crippen LogP contribution < -0.4 is 4.31 Å². The first-order valence-corrected chi connectivity index (χ1v) is 9.87. The molecule has 0 unspecified atom stereocenters. The van der Waals surface area contributed by atoms with Gasteiger partial charge in [0.1, 0.15) is 0 Å². The van der Waals surface area contributed by atoms with E-state index in [9.17, 15) is 13.2 Å². The normalized spacial score (nSPS) is 11.3. The minimum Gasteiger partial charge on any atom is -0.346 e. The number of halogens is 1. The first-order valence-electron chi connectivity index (χ1n) is 7.64. The van der Waals surface area contributed by atoms with Crippen molar-refractivity contribution in [1.29, 1.82) is 0 Å². The molecule has 23 heavy (non-hydrogen) atoms. The number of carbonyl (C=O) groups excluding carboxylic acids is 1. The summed E-state index contributed by atoms with van der Waals surface area (Å²) >= 11 is 5.92. The number of benzene rings is 1. The fourth-order valence-electron chi connectivity index (χ4n) is 2.27. The van der Waals surface area contributed by atoms with E-state index >= 15 is 0 Å². The molecule has 7 heteroatoms. The molecular weight excluding hydrogens is 336 g/mol. The maximum absolute atomic E-state index is 12.1. The molecule has 0 N–H and O–H groups in total. The number of nitrogens with zero attached hydrogens (tertiary/aromatic N) is 2. The molecule has 0 aliphatic carbocycles. The van der Waals surface area contributed by atoms with Crippen molar-refractivity contribution in [3.8, 4) is 0 Å². The Bertz CT molecular complexity index is 647. The van der Waals surface area contributed by atoms with Gasteiger partial charge in [0.25, 0.3) is 0 Å². The largest absolute Gasteiger partial charge is 0.346 e. The Morgan fingerprint density at radius 3 is 2.43 bits per heavy atom. The molecule has 1 rings (SSSR count). The number of aryl methyl sites for hydroxylation is 1. The molecule has 0 atom stereocenters. The van der Waals surface area contributed by atoms with Crippen LogP contribution in [-0.2, 0) is 14.8 Å². The van der Waals surface area contributed by atoms with Crippen molar-refractivity contribution in [3.05, 3.63) is 28.8 Å². The van der Waals surface area contributed by atoms with Crippen molar-refractivity contribution in [2.75, 3.05) is 30.7 Å². The predicted octanol–water partition coefficient (Wildman–Crippen LogP) is 3.06. The summed E-state index contributed by atoms with van der Waals surface area (Å²) < 4.78 is 25.5. The van der Waals surface area contributed by atoms with E-state index in [0.717, 1.165) is 24.7 Å². The van der Waals surface area contributed by atoms with Crippen LogP contribution in [-0.4, -0.2) is 45.6 Å². The molecule has 0 aromatic heterocycles. The fraction of sp³-hybridized carbons (Fsp3) is 0.562. The Labute approximate surface area is 144 Å². The highest BCUT2D eigenvalue weighted by atomic mass is 35.5. The SMILES string of the molecule is CCCCN(C)C(=O)CCN(c1ccc(Cl)cc1C)S(C)(=O)=O. The summed E-state index contributed by atoms with van der Waals surface area (Å²) in [6.45, 7) is 4.67. The monoisotopic (exact) mass is 360 g/mol. The van der Waals surface area contributed by atoms with E-state index in [4.69, 9.17) is 11.6 Å². The van der Waals surface area contributed by atoms with Crippen LogP contribution in [0.4, 0.5) is 5.69 Å². The zero-order chi connectivity index (χ0) is 17.6. The lowest BCUT2D eigenvalue weighted by molar-refractivity contribution is -0.129. The quantitative estimate of drug-likeness (QED) is 0.715. The number of anilines is 1. The number of hydrogen-bond donors (Lipinski definition) is 0. The molecule has 0 spiro atoms. The van der Waals surface area contributed by atoms with Gasteiger partial charge in [-0.2, -0.15) is 0 Å². The van der Waals surface area contributed by atoms with Gasteiger partial charge >= 0.3 is 0 Å². The Hall–Kier alpha value is -1.27. The Morgan fingerprint density at radius 1 is 1.26 bits per heavy atom. The molecule has 0 saturated heterocycles. The number of amides is 1. The maximum Gasteiger partial charge on any atom is 0.232 e. The van der Waals surface area contributed by atoms with Gasteiger partial charge in [-0.25, -0.2) is 8.42 Å². The van der Waals surface area contributed by atoms with Crippen LogP contribution in [0.25, 0.3) is 0 Å². The molecule has 5 nitrogen and oxygen atoms in total. The van der Waals surface area contributed by atoms with Gasteiger partial charge in [0.2, 0.25) is 15.9 Å². The summed E-state index contributed by atoms with van der Waals surface area (Å²) in [5.74, 6) is -0.0567. The van der Waals surface area contributed by atoms with Crippen molar-refractivity contribution in [2.24, 2.45) is 0 Å². The number of hydrogen-bond acceptors (Lipinski definition) is 3. The summed E-state index contributed by atoms with van der Waals surface area (Å²) in [5.41, 5.74) is 1.32. The van der Waals surface area contributed by atoms with Gasteiger partial charge < -0.3 is 4.90 Å². The van der Waals surface area contributed by atoms with Crippen LogP contribution in [0.3, 0.4) is 0 Å². The van der Waals surface area contributed by atoms with Crippen molar-refractivity contribution >= 4 is 33.2 Å². The highest BCUT2D eigenvalue weighted by Crippen LogP contribution is 2.25. The molecule has 0 fully saturated rings. The van der Waals surface area contributed by atoms with Gasteiger partial charge in [-0.15, -0.1) is 0 Å². The molecule has 1 aromatic rings. The molecule has 130 valence electrons. The number of unbranched alkanes of at least 4 members (excludes halogenated alkanes) is 1. The van der Waals surface area contributed by atoms with Crippen LogP contribution in [0, 0.1) is 6.92 Å². The van der Waals surface area contributed by atoms with E-state index in [1.165, 1.54) is 4.31 Å². The minimum absolute atomic E-state index is 0.0567. The summed E-state index contributed by atoms with van der Waals surface area (Å²) in [5, 5.41) is 0.551. The zero-order valence-electron chi connectivity index (χ0n) is 14.2. The molecular formula is C16H25ClN2O3S. The number of carbonyl (C=O) groups is 1. The summed E-state index contributed by atoms with van der Waals surface area (Å²) in [4.78, 5) is 13.8. The fourth-order valence-corrected chi connectivity index (χ4v) is 3.48. The Morgan fingerprint density at radius 2 is 1.91 bits per heavy atom. The lowest BCUT2D eigenvalue weighted by atomic mass is 10.2. The lowest BCUT2D eigenvalue weighted by Gasteiger charge is -2.25. The lowest BCUT2D eigenvalue weighted by Crippen LogP contribution is -2.36. The van der Waals surface area contributed by atoms with Gasteiger partial charge in [0.15, 0.2) is 0 Å². The standard InChI is InChI=1S/C16H25ClN2O3S/c1-5-6-10-18(3)16(20)9-11-19(23(4,21)22)15-8-7-14(17)12-13(15)2/h7-8,12H,5-6,9-11H2,1-4H3. The summed E-state index contributed by atoms with van der Waals surface area (Å²) in [7, 11) is -1.73. The second-order valence-corrected chi connectivity index (χ2v) is 8.03. The third-order valence-electron chi connectivity index (χ3n) is 3.63. The highest BCUT2D eigenvalue weighted by molar-refractivity contribution is 7.92. The summed E-state index contributed by atoms with van der Waals surface area (Å²) in [6, 6.07) is 5.03. The van der Waals surface area contributed by atoms with Gasteiger partial charge in [-0.1, -0.05) is 24.9 Å². The second-order valence-electron chi connectivity index (χ2n) is 5.68. The van der Waals surface area contributed by atoms with Gasteiger partial charge in [0, 0.05) is 31.6 Å². The van der Waals surface area contributed by atoms with E-state index in [0.29, 0.717) is 17.3 Å². The molecule has 0 saturated carbocycles. The van der Waals surface area contributed by atoms with Crippen molar-refractivity contribution < 1.29 is 13.2 Å². The first-order chi connectivity index (χ1) is 10.7. The van der Waals surface area contributed by atoms with Crippen molar-refractivity contribution in [3.63, 3.8) is 0 Å². The topological polar surface area (TPSA) is 57.7 Å². The third-order valence-corrected chi connectivity index (χ3v) is 5.04. The van der Waals surface area contributed by atoms with Crippen molar-refractivity contribution in [2.45, 2.75) is 33.1 Å². The van der Waals surface area contributed by atoms with E-state index in [1.807, 2.05) is 0 Å². The minimum atomic E-state index is -3.47. The smallest absolute Gasteiger partial charge is 0.232 e. The third kappa shape index (κ3) is 6.03.